The van der Waals surface area contributed by atoms with E-state index >= 15 is 0 Å². The molecule has 0 unspecified atom stereocenters. The lowest BCUT2D eigenvalue weighted by molar-refractivity contribution is -0.149. The van der Waals surface area contributed by atoms with Gasteiger partial charge < -0.3 is 24.4 Å². The normalized spacial score (nSPS) is 22.5. The molecule has 7 heteroatoms. The number of carbonyl (C=O) groups excluding carboxylic acids is 2. The number of nitrogens with one attached hydrogen (secondary N) is 1. The van der Waals surface area contributed by atoms with Crippen molar-refractivity contribution in [3.63, 3.8) is 0 Å². The largest absolute Gasteiger partial charge is 0.493 e. The van der Waals surface area contributed by atoms with E-state index in [0.717, 1.165) is 5.56 Å². The van der Waals surface area contributed by atoms with E-state index in [1.807, 2.05) is 12.1 Å². The van der Waals surface area contributed by atoms with Gasteiger partial charge in [0.25, 0.3) is 0 Å². The fraction of sp³-hybridized carbons (Fsp3) is 0.467. The fourth-order valence-corrected chi connectivity index (χ4v) is 2.84. The lowest BCUT2D eigenvalue weighted by Crippen LogP contribution is -2.48. The van der Waals surface area contributed by atoms with E-state index < -0.39 is 6.04 Å². The van der Waals surface area contributed by atoms with Gasteiger partial charge in [0.1, 0.15) is 12.1 Å². The average molecular weight is 306 g/mol. The van der Waals surface area contributed by atoms with Gasteiger partial charge >= 0.3 is 12.0 Å². The monoisotopic (exact) mass is 306 g/mol. The Morgan fingerprint density at radius 2 is 2.14 bits per heavy atom. The first-order valence-electron chi connectivity index (χ1n) is 7.08. The van der Waals surface area contributed by atoms with Gasteiger partial charge in [0.2, 0.25) is 0 Å². The molecule has 0 aliphatic carbocycles. The zero-order chi connectivity index (χ0) is 15.7. The van der Waals surface area contributed by atoms with Gasteiger partial charge in [0.05, 0.1) is 20.8 Å². The van der Waals surface area contributed by atoms with Gasteiger partial charge in [-0.15, -0.1) is 0 Å². The molecule has 1 aromatic rings. The third-order valence-electron chi connectivity index (χ3n) is 3.97. The maximum atomic E-state index is 12.2. The van der Waals surface area contributed by atoms with Crippen LogP contribution in [0.4, 0.5) is 4.79 Å². The third kappa shape index (κ3) is 2.54. The number of rotatable bonds is 4. The molecule has 0 spiro atoms. The van der Waals surface area contributed by atoms with Crippen molar-refractivity contribution in [2.45, 2.75) is 25.1 Å². The van der Waals surface area contributed by atoms with Crippen molar-refractivity contribution in [2.75, 3.05) is 20.8 Å². The molecule has 2 heterocycles. The quantitative estimate of drug-likeness (QED) is 0.837. The summed E-state index contributed by atoms with van der Waals surface area (Å²) in [5, 5.41) is 2.82. The molecule has 7 nitrogen and oxygen atoms in total. The summed E-state index contributed by atoms with van der Waals surface area (Å²) in [4.78, 5) is 25.2. The van der Waals surface area contributed by atoms with E-state index in [9.17, 15) is 9.59 Å². The van der Waals surface area contributed by atoms with Crippen LogP contribution in [0.15, 0.2) is 18.2 Å². The zero-order valence-electron chi connectivity index (χ0n) is 12.5. The third-order valence-corrected chi connectivity index (χ3v) is 3.97. The summed E-state index contributed by atoms with van der Waals surface area (Å²) in [5.74, 6) is 0.938. The van der Waals surface area contributed by atoms with Crippen LogP contribution in [-0.4, -0.2) is 49.8 Å². The molecule has 1 aromatic carbocycles. The highest BCUT2D eigenvalue weighted by Gasteiger charge is 2.48. The summed E-state index contributed by atoms with van der Waals surface area (Å²) >= 11 is 0. The van der Waals surface area contributed by atoms with E-state index in [2.05, 4.69) is 5.32 Å². The Morgan fingerprint density at radius 1 is 1.36 bits per heavy atom. The first-order chi connectivity index (χ1) is 10.6. The summed E-state index contributed by atoms with van der Waals surface area (Å²) in [6.45, 7) is 0.816. The molecule has 118 valence electrons. The number of nitrogens with zero attached hydrogens (tertiary/aromatic N) is 1. The lowest BCUT2D eigenvalue weighted by atomic mass is 10.2. The highest BCUT2D eigenvalue weighted by Crippen LogP contribution is 2.29. The topological polar surface area (TPSA) is 77.1 Å². The van der Waals surface area contributed by atoms with Crippen LogP contribution in [0.2, 0.25) is 0 Å². The van der Waals surface area contributed by atoms with E-state index in [1.165, 1.54) is 4.90 Å². The summed E-state index contributed by atoms with van der Waals surface area (Å²) in [7, 11) is 3.13. The molecule has 2 amide bonds. The van der Waals surface area contributed by atoms with Gasteiger partial charge in [-0.2, -0.15) is 0 Å². The number of likely N-dealkylation sites (tertiary alicyclic amines) is 1. The highest BCUT2D eigenvalue weighted by molar-refractivity contribution is 5.86. The van der Waals surface area contributed by atoms with Crippen molar-refractivity contribution in [3.05, 3.63) is 23.8 Å². The van der Waals surface area contributed by atoms with Crippen LogP contribution >= 0.6 is 0 Å². The summed E-state index contributed by atoms with van der Waals surface area (Å²) in [6, 6.07) is 4.76. The van der Waals surface area contributed by atoms with Crippen LogP contribution in [0, 0.1) is 0 Å². The number of hydrogen-bond acceptors (Lipinski definition) is 5. The van der Waals surface area contributed by atoms with Crippen molar-refractivity contribution in [2.24, 2.45) is 0 Å². The van der Waals surface area contributed by atoms with Crippen LogP contribution in [0.25, 0.3) is 0 Å². The first-order valence-corrected chi connectivity index (χ1v) is 7.08. The molecule has 2 aliphatic heterocycles. The maximum Gasteiger partial charge on any atom is 0.329 e. The lowest BCUT2D eigenvalue weighted by Gasteiger charge is -2.25. The molecular formula is C15H18N2O5. The molecule has 2 bridgehead atoms. The Hall–Kier alpha value is -2.44. The maximum absolute atomic E-state index is 12.2. The molecule has 2 saturated heterocycles. The minimum Gasteiger partial charge on any atom is -0.493 e. The first kappa shape index (κ1) is 14.5. The van der Waals surface area contributed by atoms with Crippen LogP contribution in [0.5, 0.6) is 11.5 Å². The van der Waals surface area contributed by atoms with Crippen molar-refractivity contribution in [3.8, 4) is 11.5 Å². The Kier molecular flexibility index (Phi) is 3.79. The fourth-order valence-electron chi connectivity index (χ4n) is 2.84. The second-order valence-electron chi connectivity index (χ2n) is 5.31. The Bertz CT molecular complexity index is 604. The van der Waals surface area contributed by atoms with Gasteiger partial charge in [0, 0.05) is 13.0 Å². The van der Waals surface area contributed by atoms with E-state index in [4.69, 9.17) is 14.2 Å². The number of methoxy groups -OCH3 is 2. The molecule has 2 atom stereocenters. The molecule has 22 heavy (non-hydrogen) atoms. The van der Waals surface area contributed by atoms with Crippen molar-refractivity contribution >= 4 is 12.0 Å². The van der Waals surface area contributed by atoms with Gasteiger partial charge in [0.15, 0.2) is 11.5 Å². The Morgan fingerprint density at radius 3 is 2.77 bits per heavy atom. The summed E-state index contributed by atoms with van der Waals surface area (Å²) in [6.07, 6.45) is 0.451. The molecular weight excluding hydrogens is 288 g/mol. The minimum absolute atomic E-state index is 0.149. The van der Waals surface area contributed by atoms with Crippen molar-refractivity contribution < 1.29 is 23.8 Å². The SMILES string of the molecule is COc1ccc(CNC(=O)N2C[C@@H]3C[C@H]2C(=O)O3)cc1OC. The number of carbonyl (C=O) groups is 2. The highest BCUT2D eigenvalue weighted by atomic mass is 16.6. The van der Waals surface area contributed by atoms with Gasteiger partial charge in [-0.1, -0.05) is 6.07 Å². The number of fused-ring (bicyclic) bond motifs is 2. The predicted octanol–water partition coefficient (Wildman–Crippen LogP) is 0.913. The number of esters is 1. The van der Waals surface area contributed by atoms with E-state index in [0.29, 0.717) is 31.0 Å². The van der Waals surface area contributed by atoms with Crippen molar-refractivity contribution in [1.29, 1.82) is 0 Å². The number of hydrogen-bond donors (Lipinski definition) is 1. The molecule has 1 N–H and O–H groups in total. The molecule has 0 saturated carbocycles. The van der Waals surface area contributed by atoms with Crippen LogP contribution in [0.3, 0.4) is 0 Å². The van der Waals surface area contributed by atoms with Gasteiger partial charge in [-0.3, -0.25) is 0 Å². The Labute approximate surface area is 128 Å². The molecule has 2 fully saturated rings. The van der Waals surface area contributed by atoms with Crippen LogP contribution < -0.4 is 14.8 Å². The van der Waals surface area contributed by atoms with E-state index in [1.54, 1.807) is 20.3 Å². The van der Waals surface area contributed by atoms with E-state index in [-0.39, 0.29) is 18.1 Å². The second-order valence-corrected chi connectivity index (χ2v) is 5.31. The number of urea groups is 1. The smallest absolute Gasteiger partial charge is 0.329 e. The number of amides is 2. The number of benzene rings is 1. The molecule has 3 rings (SSSR count). The molecule has 0 radical (unpaired) electrons. The minimum atomic E-state index is -0.435. The predicted molar refractivity (Wildman–Crippen MR) is 76.8 cm³/mol. The summed E-state index contributed by atoms with van der Waals surface area (Å²) in [5.41, 5.74) is 0.887. The number of ether oxygens (including phenoxy) is 3. The second kappa shape index (κ2) is 5.75. The molecule has 0 aromatic heterocycles. The average Bonchev–Trinajstić information content (AvgIpc) is 3.11. The van der Waals surface area contributed by atoms with Crippen LogP contribution in [0.1, 0.15) is 12.0 Å². The van der Waals surface area contributed by atoms with Gasteiger partial charge in [-0.05, 0) is 17.7 Å². The summed E-state index contributed by atoms with van der Waals surface area (Å²) < 4.78 is 15.5. The zero-order valence-corrected chi connectivity index (χ0v) is 12.5. The van der Waals surface area contributed by atoms with Gasteiger partial charge in [-0.25, -0.2) is 9.59 Å². The standard InChI is InChI=1S/C15H18N2O5/c1-20-12-4-3-9(5-13(12)21-2)7-16-15(19)17-8-10-6-11(17)14(18)22-10/h3-5,10-11H,6-8H2,1-2H3,(H,16,19)/t10-,11-/m0/s1. The molecule has 2 aliphatic rings. The number of morpholine rings is 1. The van der Waals surface area contributed by atoms with Crippen LogP contribution in [-0.2, 0) is 16.1 Å². The van der Waals surface area contributed by atoms with Crippen molar-refractivity contribution in [1.82, 2.24) is 10.2 Å². The Balaban J connectivity index is 1.61.